The fourth-order valence-electron chi connectivity index (χ4n) is 1.74. The van der Waals surface area contributed by atoms with Crippen LogP contribution >= 0.6 is 0 Å². The van der Waals surface area contributed by atoms with Crippen molar-refractivity contribution in [1.29, 1.82) is 0 Å². The Hall–Kier alpha value is -1.10. The highest BCUT2D eigenvalue weighted by Gasteiger charge is 2.37. The number of carbonyl (C=O) groups excluding carboxylic acids is 1. The molecular weight excluding hydrogens is 210 g/mol. The van der Waals surface area contributed by atoms with E-state index < -0.39 is 11.4 Å². The Kier molecular flexibility index (Phi) is 4.29. The van der Waals surface area contributed by atoms with Crippen molar-refractivity contribution in [3.63, 3.8) is 0 Å². The maximum absolute atomic E-state index is 11.6. The average Bonchev–Trinajstić information content (AvgIpc) is 2.26. The van der Waals surface area contributed by atoms with Gasteiger partial charge in [0.05, 0.1) is 5.41 Å². The number of aliphatic carboxylic acids is 1. The average molecular weight is 229 g/mol. The van der Waals surface area contributed by atoms with Crippen LogP contribution in [0.15, 0.2) is 0 Å². The van der Waals surface area contributed by atoms with Gasteiger partial charge in [0.1, 0.15) is 6.61 Å². The summed E-state index contributed by atoms with van der Waals surface area (Å²) >= 11 is 0. The van der Waals surface area contributed by atoms with Crippen LogP contribution in [0.4, 0.5) is 0 Å². The van der Waals surface area contributed by atoms with E-state index in [9.17, 15) is 9.59 Å². The van der Waals surface area contributed by atoms with Crippen LogP contribution in [0, 0.1) is 5.41 Å². The smallest absolute Gasteiger partial charge is 0.309 e. The van der Waals surface area contributed by atoms with Crippen LogP contribution in [-0.4, -0.2) is 48.2 Å². The molecule has 0 spiro atoms. The van der Waals surface area contributed by atoms with E-state index in [2.05, 4.69) is 0 Å². The standard InChI is InChI=1S/C11H19NO4/c1-3-16-8-9(13)12-6-4-11(2,5-7-12)10(14)15/h3-8H2,1-2H3,(H,14,15). The third-order valence-electron chi connectivity index (χ3n) is 3.17. The van der Waals surface area contributed by atoms with Gasteiger partial charge in [0.2, 0.25) is 5.91 Å². The number of carboxylic acid groups (broad SMARTS) is 1. The fourth-order valence-corrected chi connectivity index (χ4v) is 1.74. The Morgan fingerprint density at radius 2 is 1.94 bits per heavy atom. The second-order valence-electron chi connectivity index (χ2n) is 4.38. The van der Waals surface area contributed by atoms with Crippen molar-refractivity contribution in [2.75, 3.05) is 26.3 Å². The van der Waals surface area contributed by atoms with E-state index in [0.29, 0.717) is 32.5 Å². The molecule has 1 rings (SSSR count). The van der Waals surface area contributed by atoms with Crippen molar-refractivity contribution < 1.29 is 19.4 Å². The van der Waals surface area contributed by atoms with Crippen molar-refractivity contribution >= 4 is 11.9 Å². The lowest BCUT2D eigenvalue weighted by molar-refractivity contribution is -0.153. The molecule has 1 fully saturated rings. The summed E-state index contributed by atoms with van der Waals surface area (Å²) < 4.78 is 5.04. The van der Waals surface area contributed by atoms with Gasteiger partial charge in [-0.1, -0.05) is 0 Å². The van der Waals surface area contributed by atoms with Gasteiger partial charge >= 0.3 is 5.97 Å². The number of ether oxygens (including phenoxy) is 1. The van der Waals surface area contributed by atoms with E-state index >= 15 is 0 Å². The van der Waals surface area contributed by atoms with Gasteiger partial charge in [-0.2, -0.15) is 0 Å². The largest absolute Gasteiger partial charge is 0.481 e. The van der Waals surface area contributed by atoms with E-state index in [1.165, 1.54) is 0 Å². The maximum Gasteiger partial charge on any atom is 0.309 e. The summed E-state index contributed by atoms with van der Waals surface area (Å²) in [5.74, 6) is -0.821. The van der Waals surface area contributed by atoms with Gasteiger partial charge in [0, 0.05) is 19.7 Å². The van der Waals surface area contributed by atoms with Crippen LogP contribution in [-0.2, 0) is 14.3 Å². The first-order valence-corrected chi connectivity index (χ1v) is 5.58. The molecule has 0 aromatic heterocycles. The number of piperidine rings is 1. The van der Waals surface area contributed by atoms with E-state index in [-0.39, 0.29) is 12.5 Å². The number of hydrogen-bond acceptors (Lipinski definition) is 3. The molecule has 1 heterocycles. The molecule has 0 radical (unpaired) electrons. The summed E-state index contributed by atoms with van der Waals surface area (Å²) in [6, 6.07) is 0. The second-order valence-corrected chi connectivity index (χ2v) is 4.38. The zero-order valence-corrected chi connectivity index (χ0v) is 9.86. The van der Waals surface area contributed by atoms with Gasteiger partial charge < -0.3 is 14.7 Å². The molecule has 0 unspecified atom stereocenters. The molecule has 1 N–H and O–H groups in total. The minimum absolute atomic E-state index is 0.0470. The number of rotatable bonds is 4. The molecule has 1 amide bonds. The molecule has 5 nitrogen and oxygen atoms in total. The Morgan fingerprint density at radius 1 is 1.38 bits per heavy atom. The number of nitrogens with zero attached hydrogens (tertiary/aromatic N) is 1. The molecule has 0 saturated carbocycles. The molecule has 5 heteroatoms. The zero-order valence-electron chi connectivity index (χ0n) is 9.86. The van der Waals surface area contributed by atoms with Gasteiger partial charge in [-0.3, -0.25) is 9.59 Å². The predicted octanol–water partition coefficient (Wildman–Crippen LogP) is 0.736. The molecule has 0 bridgehead atoms. The summed E-state index contributed by atoms with van der Waals surface area (Å²) in [7, 11) is 0. The minimum Gasteiger partial charge on any atom is -0.481 e. The Balaban J connectivity index is 2.42. The van der Waals surface area contributed by atoms with E-state index in [0.717, 1.165) is 0 Å². The van der Waals surface area contributed by atoms with Gasteiger partial charge in [-0.15, -0.1) is 0 Å². The quantitative estimate of drug-likeness (QED) is 0.772. The lowest BCUT2D eigenvalue weighted by Gasteiger charge is -2.36. The molecule has 0 atom stereocenters. The first kappa shape index (κ1) is 13.0. The third-order valence-corrected chi connectivity index (χ3v) is 3.17. The molecule has 0 aliphatic carbocycles. The number of carboxylic acids is 1. The van der Waals surface area contributed by atoms with Crippen molar-refractivity contribution in [2.45, 2.75) is 26.7 Å². The summed E-state index contributed by atoms with van der Waals surface area (Å²) in [6.45, 7) is 5.21. The number of amides is 1. The number of hydrogen-bond donors (Lipinski definition) is 1. The van der Waals surface area contributed by atoms with Crippen molar-refractivity contribution in [3.05, 3.63) is 0 Å². The molecule has 0 aromatic rings. The lowest BCUT2D eigenvalue weighted by Crippen LogP contribution is -2.46. The van der Waals surface area contributed by atoms with Crippen LogP contribution in [0.1, 0.15) is 26.7 Å². The highest BCUT2D eigenvalue weighted by Crippen LogP contribution is 2.30. The van der Waals surface area contributed by atoms with Crippen LogP contribution < -0.4 is 0 Å². The van der Waals surface area contributed by atoms with Crippen molar-refractivity contribution in [1.82, 2.24) is 4.90 Å². The number of likely N-dealkylation sites (tertiary alicyclic amines) is 1. The molecule has 1 aliphatic rings. The number of carbonyl (C=O) groups is 2. The van der Waals surface area contributed by atoms with Crippen LogP contribution in [0.25, 0.3) is 0 Å². The molecule has 1 aliphatic heterocycles. The van der Waals surface area contributed by atoms with E-state index in [4.69, 9.17) is 9.84 Å². The maximum atomic E-state index is 11.6. The highest BCUT2D eigenvalue weighted by molar-refractivity contribution is 5.78. The molecular formula is C11H19NO4. The van der Waals surface area contributed by atoms with Crippen LogP contribution in [0.5, 0.6) is 0 Å². The van der Waals surface area contributed by atoms with Crippen LogP contribution in [0.2, 0.25) is 0 Å². The summed E-state index contributed by atoms with van der Waals surface area (Å²) in [6.07, 6.45) is 1.03. The Bertz CT molecular complexity index is 269. The third kappa shape index (κ3) is 2.95. The summed E-state index contributed by atoms with van der Waals surface area (Å²) in [5, 5.41) is 9.04. The molecule has 0 aromatic carbocycles. The minimum atomic E-state index is -0.774. The van der Waals surface area contributed by atoms with Crippen molar-refractivity contribution in [2.24, 2.45) is 5.41 Å². The van der Waals surface area contributed by atoms with E-state index in [1.807, 2.05) is 6.92 Å². The first-order chi connectivity index (χ1) is 7.49. The SMILES string of the molecule is CCOCC(=O)N1CCC(C)(C(=O)O)CC1. The van der Waals surface area contributed by atoms with Gasteiger partial charge in [-0.25, -0.2) is 0 Å². The van der Waals surface area contributed by atoms with Crippen molar-refractivity contribution in [3.8, 4) is 0 Å². The van der Waals surface area contributed by atoms with Gasteiger partial charge in [-0.05, 0) is 26.7 Å². The summed E-state index contributed by atoms with van der Waals surface area (Å²) in [4.78, 5) is 24.3. The zero-order chi connectivity index (χ0) is 12.2. The fraction of sp³-hybridized carbons (Fsp3) is 0.818. The molecule has 1 saturated heterocycles. The monoisotopic (exact) mass is 229 g/mol. The Labute approximate surface area is 95.4 Å². The summed E-state index contributed by atoms with van der Waals surface area (Å²) in [5.41, 5.74) is -0.678. The lowest BCUT2D eigenvalue weighted by atomic mass is 9.80. The van der Waals surface area contributed by atoms with Gasteiger partial charge in [0.25, 0.3) is 0 Å². The second kappa shape index (κ2) is 5.30. The Morgan fingerprint density at radius 3 is 2.38 bits per heavy atom. The van der Waals surface area contributed by atoms with E-state index in [1.54, 1.807) is 11.8 Å². The molecule has 16 heavy (non-hydrogen) atoms. The van der Waals surface area contributed by atoms with Crippen LogP contribution in [0.3, 0.4) is 0 Å². The first-order valence-electron chi connectivity index (χ1n) is 5.58. The van der Waals surface area contributed by atoms with Gasteiger partial charge in [0.15, 0.2) is 0 Å². The normalized spacial score (nSPS) is 19.5. The predicted molar refractivity (Wildman–Crippen MR) is 58.0 cm³/mol. The highest BCUT2D eigenvalue weighted by atomic mass is 16.5. The molecule has 92 valence electrons. The topological polar surface area (TPSA) is 66.8 Å².